The summed E-state index contributed by atoms with van der Waals surface area (Å²) in [5, 5.41) is 63.4. The van der Waals surface area contributed by atoms with Gasteiger partial charge in [-0.15, -0.1) is 0 Å². The summed E-state index contributed by atoms with van der Waals surface area (Å²) in [7, 11) is 0. The van der Waals surface area contributed by atoms with Crippen molar-refractivity contribution >= 4 is 0 Å². The Bertz CT molecular complexity index is 1080. The second-order valence-electron chi connectivity index (χ2n) is 18.0. The first kappa shape index (κ1) is 33.6. The lowest BCUT2D eigenvalue weighted by Crippen LogP contribution is -2.69. The van der Waals surface area contributed by atoms with Crippen LogP contribution in [0, 0.1) is 56.7 Å². The molecule has 1 heterocycles. The lowest BCUT2D eigenvalue weighted by molar-refractivity contribution is -0.332. The number of aliphatic hydroxyl groups is 6. The van der Waals surface area contributed by atoms with E-state index in [2.05, 4.69) is 41.5 Å². The fraction of sp³-hybridized carbons (Fsp3) is 1.00. The molecule has 6 fully saturated rings. The molecule has 0 aromatic rings. The first-order chi connectivity index (χ1) is 20.4. The van der Waals surface area contributed by atoms with Crippen molar-refractivity contribution in [2.75, 3.05) is 13.2 Å². The van der Waals surface area contributed by atoms with Crippen molar-refractivity contribution in [1.29, 1.82) is 0 Å². The molecular weight excluding hydrogens is 560 g/mol. The average Bonchev–Trinajstić information content (AvgIpc) is 2.97. The van der Waals surface area contributed by atoms with Crippen LogP contribution in [0.4, 0.5) is 0 Å². The van der Waals surface area contributed by atoms with Gasteiger partial charge in [0.05, 0.1) is 18.3 Å². The van der Waals surface area contributed by atoms with Gasteiger partial charge < -0.3 is 40.1 Å². The molecule has 1 unspecified atom stereocenters. The molecule has 5 aliphatic carbocycles. The summed E-state index contributed by atoms with van der Waals surface area (Å²) in [6.45, 7) is 16.3. The van der Waals surface area contributed by atoms with E-state index in [9.17, 15) is 30.6 Å². The maximum atomic E-state index is 11.5. The summed E-state index contributed by atoms with van der Waals surface area (Å²) in [5.41, 5.74) is -0.547. The number of ether oxygens (including phenoxy) is 2. The highest BCUT2D eigenvalue weighted by Gasteiger charge is 2.71. The van der Waals surface area contributed by atoms with E-state index in [1.165, 1.54) is 6.42 Å². The van der Waals surface area contributed by atoms with Gasteiger partial charge >= 0.3 is 0 Å². The molecule has 0 radical (unpaired) electrons. The van der Waals surface area contributed by atoms with E-state index < -0.39 is 42.9 Å². The zero-order valence-electron chi connectivity index (χ0n) is 28.3. The molecule has 0 bridgehead atoms. The smallest absolute Gasteiger partial charge is 0.186 e. The first-order valence-electron chi connectivity index (χ1n) is 17.7. The number of hydrogen-bond donors (Lipinski definition) is 6. The van der Waals surface area contributed by atoms with Crippen LogP contribution in [0.25, 0.3) is 0 Å². The lowest BCUT2D eigenvalue weighted by atomic mass is 9.31. The van der Waals surface area contributed by atoms with Crippen molar-refractivity contribution in [3.05, 3.63) is 0 Å². The van der Waals surface area contributed by atoms with Crippen LogP contribution in [-0.2, 0) is 9.47 Å². The predicted molar refractivity (Wildman–Crippen MR) is 166 cm³/mol. The van der Waals surface area contributed by atoms with Gasteiger partial charge in [0.1, 0.15) is 24.4 Å². The molecular formula is C36H62O8. The summed E-state index contributed by atoms with van der Waals surface area (Å²) in [6, 6.07) is 0. The first-order valence-corrected chi connectivity index (χ1v) is 17.7. The SMILES string of the molecule is C[C@H]1[C@@H]2[C@H]3CC[C@@H]4[C@@]5(C)CCC(O[C@@H]6O[C@H](CO)[C@@H](O)[C@H](O)[C@H]6O)C(C)(C)[C@@H]5CC[C@@]4(C)[C@]3(C)CC[C@@]2(CO)CC[C@]1(C)O. The summed E-state index contributed by atoms with van der Waals surface area (Å²) >= 11 is 0. The van der Waals surface area contributed by atoms with Gasteiger partial charge in [-0.3, -0.25) is 0 Å². The maximum absolute atomic E-state index is 11.5. The van der Waals surface area contributed by atoms with Gasteiger partial charge in [0.2, 0.25) is 0 Å². The number of fused-ring (bicyclic) bond motifs is 7. The average molecular weight is 623 g/mol. The van der Waals surface area contributed by atoms with E-state index in [0.29, 0.717) is 23.7 Å². The topological polar surface area (TPSA) is 140 Å². The highest BCUT2D eigenvalue weighted by molar-refractivity contribution is 5.20. The fourth-order valence-corrected chi connectivity index (χ4v) is 13.2. The Morgan fingerprint density at radius 3 is 2.07 bits per heavy atom. The third-order valence-corrected chi connectivity index (χ3v) is 16.3. The Balaban J connectivity index is 1.26. The fourth-order valence-electron chi connectivity index (χ4n) is 13.2. The molecule has 0 aromatic heterocycles. The Hall–Kier alpha value is -0.320. The van der Waals surface area contributed by atoms with Crippen LogP contribution < -0.4 is 0 Å². The molecule has 0 aromatic carbocycles. The second kappa shape index (κ2) is 10.8. The van der Waals surface area contributed by atoms with Crippen LogP contribution in [0.3, 0.4) is 0 Å². The Kier molecular flexibility index (Phi) is 8.28. The minimum absolute atomic E-state index is 0.0715. The molecule has 5 saturated carbocycles. The number of hydrogen-bond acceptors (Lipinski definition) is 8. The van der Waals surface area contributed by atoms with Crippen LogP contribution in [0.2, 0.25) is 0 Å². The largest absolute Gasteiger partial charge is 0.396 e. The van der Waals surface area contributed by atoms with Crippen molar-refractivity contribution in [3.8, 4) is 0 Å². The van der Waals surface area contributed by atoms with Crippen molar-refractivity contribution < 1.29 is 40.1 Å². The van der Waals surface area contributed by atoms with Crippen LogP contribution in [0.15, 0.2) is 0 Å². The minimum atomic E-state index is -1.44. The molecule has 8 heteroatoms. The molecule has 0 spiro atoms. The quantitative estimate of drug-likeness (QED) is 0.259. The van der Waals surface area contributed by atoms with E-state index in [1.54, 1.807) is 0 Å². The van der Waals surface area contributed by atoms with E-state index >= 15 is 0 Å². The maximum Gasteiger partial charge on any atom is 0.186 e. The second-order valence-corrected chi connectivity index (χ2v) is 18.0. The van der Waals surface area contributed by atoms with Crippen LogP contribution >= 0.6 is 0 Å². The van der Waals surface area contributed by atoms with Crippen LogP contribution in [0.1, 0.15) is 113 Å². The third-order valence-electron chi connectivity index (χ3n) is 16.3. The third kappa shape index (κ3) is 4.44. The van der Waals surface area contributed by atoms with Crippen molar-refractivity contribution in [3.63, 3.8) is 0 Å². The van der Waals surface area contributed by atoms with Crippen LogP contribution in [-0.4, -0.2) is 86.3 Å². The molecule has 6 aliphatic rings. The molecule has 1 aliphatic heterocycles. The number of aliphatic hydroxyl groups excluding tert-OH is 5. The Morgan fingerprint density at radius 1 is 0.727 bits per heavy atom. The van der Waals surface area contributed by atoms with Gasteiger partial charge in [-0.25, -0.2) is 0 Å². The summed E-state index contributed by atoms with van der Waals surface area (Å²) in [4.78, 5) is 0. The van der Waals surface area contributed by atoms with Crippen molar-refractivity contribution in [1.82, 2.24) is 0 Å². The zero-order chi connectivity index (χ0) is 32.3. The Labute approximate surface area is 264 Å². The van der Waals surface area contributed by atoms with Crippen molar-refractivity contribution in [2.45, 2.75) is 155 Å². The highest BCUT2D eigenvalue weighted by atomic mass is 16.7. The molecule has 1 saturated heterocycles. The summed E-state index contributed by atoms with van der Waals surface area (Å²) < 4.78 is 12.3. The van der Waals surface area contributed by atoms with E-state index in [0.717, 1.165) is 57.8 Å². The summed E-state index contributed by atoms with van der Waals surface area (Å²) in [6.07, 6.45) is 3.78. The zero-order valence-corrected chi connectivity index (χ0v) is 28.3. The normalized spacial score (nSPS) is 58.7. The number of rotatable bonds is 4. The Morgan fingerprint density at radius 2 is 1.41 bits per heavy atom. The molecule has 8 nitrogen and oxygen atoms in total. The lowest BCUT2D eigenvalue weighted by Gasteiger charge is -2.74. The van der Waals surface area contributed by atoms with Crippen molar-refractivity contribution in [2.24, 2.45) is 56.7 Å². The minimum Gasteiger partial charge on any atom is -0.396 e. The molecule has 44 heavy (non-hydrogen) atoms. The van der Waals surface area contributed by atoms with Gasteiger partial charge in [-0.1, -0.05) is 41.5 Å². The van der Waals surface area contributed by atoms with Gasteiger partial charge in [-0.05, 0) is 128 Å². The van der Waals surface area contributed by atoms with Gasteiger partial charge in [0.25, 0.3) is 0 Å². The monoisotopic (exact) mass is 622 g/mol. The van der Waals surface area contributed by atoms with E-state index in [-0.39, 0.29) is 45.7 Å². The van der Waals surface area contributed by atoms with Gasteiger partial charge in [0.15, 0.2) is 6.29 Å². The molecule has 6 rings (SSSR count). The van der Waals surface area contributed by atoms with Gasteiger partial charge in [0, 0.05) is 6.61 Å². The van der Waals surface area contributed by atoms with E-state index in [1.807, 2.05) is 6.92 Å². The molecule has 16 atom stereocenters. The highest BCUT2D eigenvalue weighted by Crippen LogP contribution is 2.77. The molecule has 6 N–H and O–H groups in total. The summed E-state index contributed by atoms with van der Waals surface area (Å²) in [5.74, 6) is 1.95. The van der Waals surface area contributed by atoms with E-state index in [4.69, 9.17) is 9.47 Å². The standard InChI is InChI=1S/C36H62O8/c1-20-26-21-8-9-24-32(4)12-11-25(44-30-29(41)28(40)27(39)22(18-37)43-30)31(2,3)23(32)10-13-34(24,6)33(21,5)14-16-36(26,19-38)17-15-35(20,7)42/h20-30,37-42H,8-19H2,1-7H3/t20-,21+,22+,23-,24+,25?,26+,27+,28-,29+,30-,32-,33+,34+,35-,36-/m0/s1. The van der Waals surface area contributed by atoms with Gasteiger partial charge in [-0.2, -0.15) is 0 Å². The molecule has 0 amide bonds. The predicted octanol–water partition coefficient (Wildman–Crippen LogP) is 4.02. The van der Waals surface area contributed by atoms with Crippen LogP contribution in [0.5, 0.6) is 0 Å². The molecule has 254 valence electrons.